The molecule has 674 valence electrons. The van der Waals surface area contributed by atoms with Crippen LogP contribution in [0.2, 0.25) is 0 Å². The summed E-state index contributed by atoms with van der Waals surface area (Å²) in [5, 5.41) is 13.8. The van der Waals surface area contributed by atoms with Gasteiger partial charge in [0.25, 0.3) is 0 Å². The van der Waals surface area contributed by atoms with Crippen molar-refractivity contribution < 1.29 is 224 Å². The van der Waals surface area contributed by atoms with E-state index in [9.17, 15) is 91.4 Å². The van der Waals surface area contributed by atoms with Crippen LogP contribution in [-0.2, 0) is 219 Å². The minimum absolute atomic E-state index is 0.805. The Labute approximate surface area is 683 Å². The average molecular weight is 1730 g/mol. The first kappa shape index (κ1) is 98.8. The van der Waals surface area contributed by atoms with Gasteiger partial charge in [-0.3, -0.25) is 86.3 Å². The highest BCUT2D eigenvalue weighted by atomic mass is 16.8. The molecule has 6 aliphatic rings. The second-order valence-electron chi connectivity index (χ2n) is 27.6. The molecular formula is C72H99NO47. The van der Waals surface area contributed by atoms with Crippen LogP contribution in [-0.4, -0.2) is 330 Å². The number of hydrogen-bond acceptors (Lipinski definition) is 47. The molecule has 0 aromatic carbocycles. The maximum absolute atomic E-state index is 14.2. The zero-order valence-electron chi connectivity index (χ0n) is 68.6. The van der Waals surface area contributed by atoms with Gasteiger partial charge in [0.2, 0.25) is 5.91 Å². The van der Waals surface area contributed by atoms with Gasteiger partial charge in [0.1, 0.15) is 94.0 Å². The Balaban J connectivity index is 1.66. The summed E-state index contributed by atoms with van der Waals surface area (Å²) in [6, 6.07) is -2.21. The Kier molecular flexibility index (Phi) is 37.1. The Bertz CT molecular complexity index is 3700. The highest BCUT2D eigenvalue weighted by molar-refractivity contribution is 5.74. The van der Waals surface area contributed by atoms with E-state index < -0.39 is 325 Å². The molecule has 6 aliphatic heterocycles. The van der Waals surface area contributed by atoms with Gasteiger partial charge >= 0.3 is 101 Å². The first-order chi connectivity index (χ1) is 56.1. The Morgan fingerprint density at radius 1 is 0.225 bits per heavy atom. The lowest BCUT2D eigenvalue weighted by atomic mass is 9.93. The minimum Gasteiger partial charge on any atom is -0.463 e. The molecule has 48 nitrogen and oxygen atoms in total. The van der Waals surface area contributed by atoms with Gasteiger partial charge < -0.3 is 143 Å². The summed E-state index contributed by atoms with van der Waals surface area (Å²) in [5.41, 5.74) is 0. The van der Waals surface area contributed by atoms with E-state index in [0.29, 0.717) is 0 Å². The molecule has 0 aromatic heterocycles. The fourth-order valence-corrected chi connectivity index (χ4v) is 13.5. The van der Waals surface area contributed by atoms with E-state index in [-0.39, 0.29) is 0 Å². The molecule has 0 spiro atoms. The van der Waals surface area contributed by atoms with E-state index >= 15 is 0 Å². The summed E-state index contributed by atoms with van der Waals surface area (Å²) in [5.74, 6) is -20.1. The summed E-state index contributed by atoms with van der Waals surface area (Å²) in [6.07, 6.45) is -60.9. The Morgan fingerprint density at radius 2 is 0.442 bits per heavy atom. The topological polar surface area (TPSA) is 598 Å². The predicted molar refractivity (Wildman–Crippen MR) is 372 cm³/mol. The highest BCUT2D eigenvalue weighted by Gasteiger charge is 2.64. The predicted octanol–water partition coefficient (Wildman–Crippen LogP) is -3.23. The molecule has 30 atom stereocenters. The van der Waals surface area contributed by atoms with Crippen molar-refractivity contribution in [3.63, 3.8) is 0 Å². The van der Waals surface area contributed by atoms with Crippen molar-refractivity contribution in [1.29, 1.82) is 0 Å². The van der Waals surface area contributed by atoms with Gasteiger partial charge in [-0.05, 0) is 6.92 Å². The molecule has 6 rings (SSSR count). The lowest BCUT2D eigenvalue weighted by Crippen LogP contribution is -2.72. The van der Waals surface area contributed by atoms with Gasteiger partial charge in [-0.2, -0.15) is 0 Å². The van der Waals surface area contributed by atoms with Crippen molar-refractivity contribution in [3.05, 3.63) is 0 Å². The molecule has 0 saturated carbocycles. The molecule has 6 heterocycles. The maximum Gasteiger partial charge on any atom is 0.303 e. The first-order valence-electron chi connectivity index (χ1n) is 37.0. The number of rotatable bonds is 33. The number of nitrogens with one attached hydrogen (secondary N) is 1. The number of amides is 1. The minimum atomic E-state index is -2.45. The van der Waals surface area contributed by atoms with Gasteiger partial charge in [-0.25, -0.2) is 0 Å². The largest absolute Gasteiger partial charge is 0.463 e. The summed E-state index contributed by atoms with van der Waals surface area (Å²) in [6.45, 7) is 12.5. The van der Waals surface area contributed by atoms with Crippen LogP contribution in [0.5, 0.6) is 0 Å². The Hall–Kier alpha value is -10.0. The van der Waals surface area contributed by atoms with Crippen LogP contribution < -0.4 is 5.32 Å². The summed E-state index contributed by atoms with van der Waals surface area (Å²) in [7, 11) is 0. The smallest absolute Gasteiger partial charge is 0.303 e. The molecule has 2 N–H and O–H groups in total. The molecule has 12 unspecified atom stereocenters. The van der Waals surface area contributed by atoms with Crippen molar-refractivity contribution in [1.82, 2.24) is 5.32 Å². The van der Waals surface area contributed by atoms with Crippen molar-refractivity contribution >= 4 is 107 Å². The standard InChI is InChI=1S/C72H99NO47/c1-25-50(99-32(8)80)57(103-36(12)84)63(108-41(17)89)69(98-25)120-66-59(105-38(14)86)52(101-34(10)82)46(22-95-29(5)77)114-72(66)118-56-49(73-26(2)74)68(112-45(21-94-28(4)76)51(56)100-33(9)81)119-61-53(102-35(11)83)47(23-96-30(6)78)113-71(65(61)110-43(19)91)117-55-48(24-97-31(7)79)115-70(64(109-42(18)90)60(55)106-39(15)87)116-54-44(20-93-27(3)75)111-67(92)62(107-40(16)88)58(54)104-37(13)85/h25,44-72,92H,20-24H2,1-19H3,(H,73,74)/t25?,44?,45?,46?,47?,48?,49?,50-,51-,52-,53-,54+,55-,56+,57?,58-,59-,60-,61-,62?,63-,64?,65?,66?,67+,68-,69-,70-,71+,72-/m0/s1. The average Bonchev–Trinajstić information content (AvgIpc) is 0.750. The van der Waals surface area contributed by atoms with Crippen LogP contribution in [0.1, 0.15) is 132 Å². The number of aliphatic hydroxyl groups is 1. The number of esters is 17. The number of carbonyl (C=O) groups excluding carboxylic acids is 18. The van der Waals surface area contributed by atoms with Crippen molar-refractivity contribution in [3.8, 4) is 0 Å². The zero-order valence-corrected chi connectivity index (χ0v) is 68.6. The molecule has 48 heteroatoms. The molecule has 0 radical (unpaired) electrons. The number of hydrogen-bond donors (Lipinski definition) is 2. The number of carbonyl (C=O) groups is 18. The second kappa shape index (κ2) is 45.0. The lowest BCUT2D eigenvalue weighted by Gasteiger charge is -2.52. The van der Waals surface area contributed by atoms with E-state index in [2.05, 4.69) is 5.32 Å². The highest BCUT2D eigenvalue weighted by Crippen LogP contribution is 2.43. The quantitative estimate of drug-likeness (QED) is 0.0482. The third-order valence-electron chi connectivity index (χ3n) is 17.5. The molecule has 1 amide bonds. The fraction of sp³-hybridized carbons (Fsp3) is 0.750. The zero-order chi connectivity index (χ0) is 89.8. The monoisotopic (exact) mass is 1730 g/mol. The van der Waals surface area contributed by atoms with E-state index in [4.69, 9.17) is 133 Å². The molecule has 6 saturated heterocycles. The van der Waals surface area contributed by atoms with E-state index in [1.807, 2.05) is 0 Å². The van der Waals surface area contributed by atoms with Crippen LogP contribution in [0.3, 0.4) is 0 Å². The van der Waals surface area contributed by atoms with Crippen LogP contribution in [0.25, 0.3) is 0 Å². The summed E-state index contributed by atoms with van der Waals surface area (Å²) >= 11 is 0. The maximum atomic E-state index is 14.2. The summed E-state index contributed by atoms with van der Waals surface area (Å²) < 4.78 is 167. The van der Waals surface area contributed by atoms with Crippen LogP contribution in [0.15, 0.2) is 0 Å². The van der Waals surface area contributed by atoms with Crippen LogP contribution in [0.4, 0.5) is 0 Å². The number of ether oxygens (including phenoxy) is 28. The van der Waals surface area contributed by atoms with Gasteiger partial charge in [0, 0.05) is 125 Å². The Morgan fingerprint density at radius 3 is 0.783 bits per heavy atom. The molecule has 120 heavy (non-hydrogen) atoms. The van der Waals surface area contributed by atoms with Gasteiger partial charge in [0.05, 0.1) is 6.10 Å². The molecule has 0 aliphatic carbocycles. The van der Waals surface area contributed by atoms with Crippen molar-refractivity contribution in [2.45, 2.75) is 316 Å². The van der Waals surface area contributed by atoms with E-state index in [0.717, 1.165) is 125 Å². The van der Waals surface area contributed by atoms with E-state index in [1.54, 1.807) is 0 Å². The summed E-state index contributed by atoms with van der Waals surface area (Å²) in [4.78, 5) is 238. The molecule has 0 aromatic rings. The second-order valence-corrected chi connectivity index (χ2v) is 27.6. The third-order valence-corrected chi connectivity index (χ3v) is 17.5. The third kappa shape index (κ3) is 28.8. The van der Waals surface area contributed by atoms with Crippen molar-refractivity contribution in [2.24, 2.45) is 0 Å². The normalized spacial score (nSPS) is 33.9. The number of aliphatic hydroxyl groups excluding tert-OH is 1. The molecule has 6 fully saturated rings. The van der Waals surface area contributed by atoms with Gasteiger partial charge in [0.15, 0.2) is 117 Å². The van der Waals surface area contributed by atoms with Gasteiger partial charge in [-0.15, -0.1) is 0 Å². The van der Waals surface area contributed by atoms with Crippen LogP contribution >= 0.6 is 0 Å². The molecular weight excluding hydrogens is 1630 g/mol. The van der Waals surface area contributed by atoms with E-state index in [1.165, 1.54) is 6.92 Å². The lowest BCUT2D eigenvalue weighted by molar-refractivity contribution is -0.393. The SMILES string of the molecule is CC(=O)NC1[C@H](O[C@@H]2C(OC(C)=O)[C@@H](O[C@H]3C(COC(C)=O)O[C@@H](O[C@@H]4C(COC(C)=O)O[C@@H](O)C(OC(C)=O)[C@H]4OC(C)=O)C(OC(C)=O)[C@H]3OC(C)=O)OC(COC(C)=O)[C@@H]2OC(C)=O)OC(COC(C)=O)[C@H](OC(C)=O)[C@@H]1O[C@@H]1OC(COC(C)=O)[C@H](OC(C)=O)[C@H](OC(C)=O)C1O[C@@H]1OC(C)[C@H](OC(C)=O)C(OC(C)=O)[C@@H]1OC(C)=O. The van der Waals surface area contributed by atoms with Crippen LogP contribution in [0, 0.1) is 0 Å². The fourth-order valence-electron chi connectivity index (χ4n) is 13.5. The van der Waals surface area contributed by atoms with Crippen molar-refractivity contribution in [2.75, 3.05) is 33.0 Å². The van der Waals surface area contributed by atoms with Gasteiger partial charge in [-0.1, -0.05) is 0 Å². The first-order valence-corrected chi connectivity index (χ1v) is 37.0. The molecule has 0 bridgehead atoms.